The molecule has 0 aliphatic heterocycles. The number of rotatable bonds is 10. The quantitative estimate of drug-likeness (QED) is 0.233. The number of nitrogens with zero attached hydrogens (tertiary/aromatic N) is 1. The van der Waals surface area contributed by atoms with Gasteiger partial charge < -0.3 is 13.6 Å². The van der Waals surface area contributed by atoms with E-state index in [1.165, 1.54) is 0 Å². The Balaban J connectivity index is 1.87. The summed E-state index contributed by atoms with van der Waals surface area (Å²) in [4.78, 5) is 13.3. The maximum absolute atomic E-state index is 14.6. The summed E-state index contributed by atoms with van der Waals surface area (Å²) < 4.78 is 41.3. The zero-order valence-electron chi connectivity index (χ0n) is 18.6. The molecule has 0 radical (unpaired) electrons. The smallest absolute Gasteiger partial charge is 0.197 e. The number of quaternary nitrogens is 1. The van der Waals surface area contributed by atoms with Crippen LogP contribution in [0.1, 0.15) is 47.9 Å². The minimum Gasteiger partial charge on any atom is -0.487 e. The number of furan rings is 1. The highest BCUT2D eigenvalue weighted by atomic mass is 19.1. The SMILES string of the molecule is CCCCc1oc2ccccc2c1C(=O)c1cc(F)c(OCCC[N+](C)(C)C)c(F)c1. The Morgan fingerprint density at radius 1 is 1.06 bits per heavy atom. The van der Waals surface area contributed by atoms with E-state index in [0.29, 0.717) is 35.1 Å². The lowest BCUT2D eigenvalue weighted by atomic mass is 9.98. The number of hydrogen-bond acceptors (Lipinski definition) is 3. The van der Waals surface area contributed by atoms with Gasteiger partial charge in [0.2, 0.25) is 0 Å². The number of carbonyl (C=O) groups is 1. The standard InChI is InChI=1S/C25H30F2NO3/c1-5-6-11-22-23(18-10-7-8-12-21(18)31-22)24(29)17-15-19(26)25(20(27)16-17)30-14-9-13-28(2,3)4/h7-8,10,12,15-16H,5-6,9,11,13-14H2,1-4H3/q+1. The van der Waals surface area contributed by atoms with Crippen molar-refractivity contribution in [1.29, 1.82) is 0 Å². The molecule has 0 spiro atoms. The van der Waals surface area contributed by atoms with Crippen LogP contribution in [0.3, 0.4) is 0 Å². The van der Waals surface area contributed by atoms with Crippen LogP contribution in [-0.2, 0) is 6.42 Å². The number of hydrogen-bond donors (Lipinski definition) is 0. The van der Waals surface area contributed by atoms with Crippen LogP contribution in [0.4, 0.5) is 8.78 Å². The van der Waals surface area contributed by atoms with Crippen molar-refractivity contribution >= 4 is 16.8 Å². The zero-order valence-corrected chi connectivity index (χ0v) is 18.6. The zero-order chi connectivity index (χ0) is 22.6. The number of unbranched alkanes of at least 4 members (excludes halogenated alkanes) is 1. The van der Waals surface area contributed by atoms with E-state index < -0.39 is 23.2 Å². The van der Waals surface area contributed by atoms with Gasteiger partial charge in [0.1, 0.15) is 11.3 Å². The van der Waals surface area contributed by atoms with Crippen molar-refractivity contribution in [2.75, 3.05) is 34.3 Å². The maximum Gasteiger partial charge on any atom is 0.197 e. The molecule has 0 amide bonds. The van der Waals surface area contributed by atoms with Crippen LogP contribution < -0.4 is 4.74 Å². The highest BCUT2D eigenvalue weighted by molar-refractivity contribution is 6.16. The summed E-state index contributed by atoms with van der Waals surface area (Å²) in [5, 5.41) is 0.653. The summed E-state index contributed by atoms with van der Waals surface area (Å²) in [5.74, 6) is -2.10. The van der Waals surface area contributed by atoms with Crippen LogP contribution in [0.5, 0.6) is 5.75 Å². The highest BCUT2D eigenvalue weighted by Crippen LogP contribution is 2.31. The van der Waals surface area contributed by atoms with Gasteiger partial charge >= 0.3 is 0 Å². The van der Waals surface area contributed by atoms with Crippen LogP contribution in [-0.4, -0.2) is 44.6 Å². The number of para-hydroxylation sites is 1. The third kappa shape index (κ3) is 5.50. The normalized spacial score (nSPS) is 11.8. The number of halogens is 2. The lowest BCUT2D eigenvalue weighted by molar-refractivity contribution is -0.870. The van der Waals surface area contributed by atoms with Crippen molar-refractivity contribution in [1.82, 2.24) is 0 Å². The van der Waals surface area contributed by atoms with E-state index >= 15 is 0 Å². The van der Waals surface area contributed by atoms with E-state index in [1.54, 1.807) is 12.1 Å². The summed E-state index contributed by atoms with van der Waals surface area (Å²) in [6.07, 6.45) is 3.03. The number of fused-ring (bicyclic) bond motifs is 1. The Kier molecular flexibility index (Phi) is 7.11. The first-order valence-corrected chi connectivity index (χ1v) is 10.7. The molecule has 0 N–H and O–H groups in total. The van der Waals surface area contributed by atoms with Gasteiger partial charge in [-0.2, -0.15) is 0 Å². The van der Waals surface area contributed by atoms with E-state index in [0.717, 1.165) is 36.0 Å². The molecule has 2 aromatic carbocycles. The molecular formula is C25H30F2NO3+. The van der Waals surface area contributed by atoms with Crippen LogP contribution in [0.2, 0.25) is 0 Å². The largest absolute Gasteiger partial charge is 0.487 e. The molecule has 0 saturated heterocycles. The molecule has 0 unspecified atom stereocenters. The molecule has 0 atom stereocenters. The van der Waals surface area contributed by atoms with E-state index in [9.17, 15) is 13.6 Å². The number of benzene rings is 2. The average Bonchev–Trinajstić information content (AvgIpc) is 3.07. The molecule has 166 valence electrons. The fourth-order valence-electron chi connectivity index (χ4n) is 3.54. The fourth-order valence-corrected chi connectivity index (χ4v) is 3.54. The van der Waals surface area contributed by atoms with Gasteiger partial charge in [0, 0.05) is 23.8 Å². The van der Waals surface area contributed by atoms with Gasteiger partial charge in [0.25, 0.3) is 0 Å². The van der Waals surface area contributed by atoms with Crippen LogP contribution in [0.15, 0.2) is 40.8 Å². The van der Waals surface area contributed by atoms with Crippen molar-refractivity contribution in [3.8, 4) is 5.75 Å². The molecular weight excluding hydrogens is 400 g/mol. The Morgan fingerprint density at radius 3 is 2.39 bits per heavy atom. The first-order valence-electron chi connectivity index (χ1n) is 10.7. The first kappa shape index (κ1) is 22.9. The Labute approximate surface area is 182 Å². The van der Waals surface area contributed by atoms with Gasteiger partial charge in [-0.1, -0.05) is 31.5 Å². The maximum atomic E-state index is 14.6. The minimum atomic E-state index is -0.878. The lowest BCUT2D eigenvalue weighted by Crippen LogP contribution is -2.36. The molecule has 3 rings (SSSR count). The van der Waals surface area contributed by atoms with E-state index in [1.807, 2.05) is 40.2 Å². The summed E-state index contributed by atoms with van der Waals surface area (Å²) in [6, 6.07) is 9.31. The van der Waals surface area contributed by atoms with Gasteiger partial charge in [-0.05, 0) is 24.6 Å². The third-order valence-electron chi connectivity index (χ3n) is 5.13. The van der Waals surface area contributed by atoms with Gasteiger partial charge in [-0.25, -0.2) is 8.78 Å². The molecule has 6 heteroatoms. The van der Waals surface area contributed by atoms with Gasteiger partial charge in [-0.3, -0.25) is 4.79 Å². The predicted molar refractivity (Wildman–Crippen MR) is 118 cm³/mol. The summed E-state index contributed by atoms with van der Waals surface area (Å²) in [5.41, 5.74) is 0.910. The highest BCUT2D eigenvalue weighted by Gasteiger charge is 2.24. The Morgan fingerprint density at radius 2 is 1.74 bits per heavy atom. The minimum absolute atomic E-state index is 0.0574. The monoisotopic (exact) mass is 430 g/mol. The summed E-state index contributed by atoms with van der Waals surface area (Å²) in [7, 11) is 6.11. The topological polar surface area (TPSA) is 39.4 Å². The molecule has 0 aliphatic carbocycles. The number of carbonyl (C=O) groups excluding carboxylic acids is 1. The number of ketones is 1. The van der Waals surface area contributed by atoms with Gasteiger partial charge in [-0.15, -0.1) is 0 Å². The second-order valence-electron chi connectivity index (χ2n) is 8.81. The van der Waals surface area contributed by atoms with Crippen molar-refractivity contribution in [3.05, 3.63) is 64.9 Å². The van der Waals surface area contributed by atoms with E-state index in [4.69, 9.17) is 9.15 Å². The van der Waals surface area contributed by atoms with Crippen LogP contribution in [0.25, 0.3) is 11.0 Å². The van der Waals surface area contributed by atoms with Crippen molar-refractivity contribution in [3.63, 3.8) is 0 Å². The Bertz CT molecular complexity index is 1040. The van der Waals surface area contributed by atoms with Crippen molar-refractivity contribution < 1.29 is 27.2 Å². The number of ether oxygens (including phenoxy) is 1. The van der Waals surface area contributed by atoms with Gasteiger partial charge in [0.05, 0.1) is 39.9 Å². The van der Waals surface area contributed by atoms with Crippen molar-refractivity contribution in [2.45, 2.75) is 32.6 Å². The molecule has 0 saturated carbocycles. The molecule has 3 aromatic rings. The van der Waals surface area contributed by atoms with Crippen LogP contribution >= 0.6 is 0 Å². The van der Waals surface area contributed by atoms with E-state index in [-0.39, 0.29) is 12.2 Å². The molecule has 4 nitrogen and oxygen atoms in total. The molecule has 1 aromatic heterocycles. The fraction of sp³-hybridized carbons (Fsp3) is 0.400. The number of aryl methyl sites for hydroxylation is 1. The summed E-state index contributed by atoms with van der Waals surface area (Å²) >= 11 is 0. The van der Waals surface area contributed by atoms with Crippen LogP contribution in [0, 0.1) is 11.6 Å². The Hall–Kier alpha value is -2.73. The molecule has 0 bridgehead atoms. The molecule has 0 aliphatic rings. The predicted octanol–water partition coefficient (Wildman–Crippen LogP) is 5.76. The van der Waals surface area contributed by atoms with Gasteiger partial charge in [0.15, 0.2) is 23.2 Å². The third-order valence-corrected chi connectivity index (χ3v) is 5.13. The molecule has 31 heavy (non-hydrogen) atoms. The molecule has 0 fully saturated rings. The first-order chi connectivity index (χ1) is 14.7. The molecule has 1 heterocycles. The van der Waals surface area contributed by atoms with E-state index in [2.05, 4.69) is 0 Å². The lowest BCUT2D eigenvalue weighted by Gasteiger charge is -2.23. The van der Waals surface area contributed by atoms with Crippen molar-refractivity contribution in [2.24, 2.45) is 0 Å². The second-order valence-corrected chi connectivity index (χ2v) is 8.81. The average molecular weight is 431 g/mol. The summed E-state index contributed by atoms with van der Waals surface area (Å²) in [6.45, 7) is 3.06. The second kappa shape index (κ2) is 9.60.